The van der Waals surface area contributed by atoms with Crippen molar-refractivity contribution >= 4 is 27.4 Å². The number of aromatic nitrogens is 1. The SMILES string of the molecule is CC1(C)C(c2cccc(NC(=O)c3ccc(CO)cn3)c2)=CC=CC1NCc1ccc(S(=O)(=O)F)cc1. The van der Waals surface area contributed by atoms with Crippen LogP contribution in [0.2, 0.25) is 0 Å². The summed E-state index contributed by atoms with van der Waals surface area (Å²) in [7, 11) is -4.72. The number of aliphatic hydroxyl groups is 1. The molecule has 37 heavy (non-hydrogen) atoms. The molecule has 4 rings (SSSR count). The molecule has 0 saturated heterocycles. The van der Waals surface area contributed by atoms with Crippen LogP contribution in [0.1, 0.15) is 41.0 Å². The van der Waals surface area contributed by atoms with Crippen molar-refractivity contribution in [3.63, 3.8) is 0 Å². The molecular weight excluding hydrogens is 493 g/mol. The Morgan fingerprint density at radius 3 is 2.46 bits per heavy atom. The number of nitrogens with one attached hydrogen (secondary N) is 2. The number of hydrogen-bond donors (Lipinski definition) is 3. The molecular formula is C28H28FN3O4S. The summed E-state index contributed by atoms with van der Waals surface area (Å²) in [5.41, 5.74) is 4.07. The van der Waals surface area contributed by atoms with E-state index in [0.717, 1.165) is 16.7 Å². The van der Waals surface area contributed by atoms with Gasteiger partial charge in [0.2, 0.25) is 0 Å². The van der Waals surface area contributed by atoms with Crippen LogP contribution in [0.5, 0.6) is 0 Å². The van der Waals surface area contributed by atoms with Gasteiger partial charge in [0.25, 0.3) is 5.91 Å². The number of hydrogen-bond acceptors (Lipinski definition) is 6. The van der Waals surface area contributed by atoms with E-state index < -0.39 is 10.2 Å². The molecule has 9 heteroatoms. The lowest BCUT2D eigenvalue weighted by Gasteiger charge is -2.38. The fourth-order valence-corrected chi connectivity index (χ4v) is 4.75. The maximum absolute atomic E-state index is 13.2. The molecule has 0 fully saturated rings. The smallest absolute Gasteiger partial charge is 0.332 e. The zero-order chi connectivity index (χ0) is 26.6. The summed E-state index contributed by atoms with van der Waals surface area (Å²) < 4.78 is 35.3. The summed E-state index contributed by atoms with van der Waals surface area (Å²) in [4.78, 5) is 16.4. The molecule has 1 atom stereocenters. The third-order valence-corrected chi connectivity index (χ3v) is 7.28. The van der Waals surface area contributed by atoms with Gasteiger partial charge in [-0.1, -0.05) is 62.4 Å². The number of carbonyl (C=O) groups is 1. The van der Waals surface area contributed by atoms with E-state index in [1.807, 2.05) is 30.3 Å². The van der Waals surface area contributed by atoms with Crippen molar-refractivity contribution in [2.24, 2.45) is 5.41 Å². The Morgan fingerprint density at radius 1 is 1.08 bits per heavy atom. The van der Waals surface area contributed by atoms with Crippen molar-refractivity contribution in [3.05, 3.63) is 107 Å². The highest BCUT2D eigenvalue weighted by atomic mass is 32.3. The van der Waals surface area contributed by atoms with Gasteiger partial charge in [-0.15, -0.1) is 3.89 Å². The Kier molecular flexibility index (Phi) is 7.68. The Balaban J connectivity index is 1.46. The van der Waals surface area contributed by atoms with E-state index in [1.165, 1.54) is 18.3 Å². The van der Waals surface area contributed by atoms with E-state index in [2.05, 4.69) is 41.6 Å². The number of rotatable bonds is 8. The van der Waals surface area contributed by atoms with Crippen LogP contribution >= 0.6 is 0 Å². The Morgan fingerprint density at radius 2 is 1.81 bits per heavy atom. The molecule has 0 bridgehead atoms. The van der Waals surface area contributed by atoms with Gasteiger partial charge in [0, 0.05) is 29.9 Å². The highest BCUT2D eigenvalue weighted by Crippen LogP contribution is 2.41. The van der Waals surface area contributed by atoms with Gasteiger partial charge in [-0.2, -0.15) is 8.42 Å². The van der Waals surface area contributed by atoms with Crippen LogP contribution in [0.3, 0.4) is 0 Å². The summed E-state index contributed by atoms with van der Waals surface area (Å²) in [6.45, 7) is 4.58. The van der Waals surface area contributed by atoms with Crippen molar-refractivity contribution in [1.29, 1.82) is 0 Å². The number of halogens is 1. The lowest BCUT2D eigenvalue weighted by atomic mass is 9.72. The minimum absolute atomic E-state index is 0.0374. The fourth-order valence-electron chi connectivity index (χ4n) is 4.29. The van der Waals surface area contributed by atoms with Crippen LogP contribution in [0.4, 0.5) is 9.57 Å². The van der Waals surface area contributed by atoms with Gasteiger partial charge >= 0.3 is 10.2 Å². The van der Waals surface area contributed by atoms with Crippen molar-refractivity contribution in [3.8, 4) is 0 Å². The number of pyridine rings is 1. The molecule has 1 aliphatic rings. The molecule has 0 aliphatic heterocycles. The van der Waals surface area contributed by atoms with E-state index >= 15 is 0 Å². The van der Waals surface area contributed by atoms with Crippen LogP contribution < -0.4 is 10.6 Å². The second-order valence-corrected chi connectivity index (χ2v) is 10.7. The average Bonchev–Trinajstić information content (AvgIpc) is 2.87. The van der Waals surface area contributed by atoms with Crippen molar-refractivity contribution in [2.75, 3.05) is 5.32 Å². The largest absolute Gasteiger partial charge is 0.392 e. The van der Waals surface area contributed by atoms with Crippen LogP contribution in [0.25, 0.3) is 5.57 Å². The van der Waals surface area contributed by atoms with E-state index in [9.17, 15) is 17.1 Å². The standard InChI is InChI=1S/C28H28FN3O4S/c1-28(2)24(7-4-8-26(28)31-16-19-9-12-23(13-10-19)37(29,35)36)21-5-3-6-22(15-21)32-27(34)25-14-11-20(18-33)17-30-25/h3-15,17,26,31,33H,16,18H2,1-2H3,(H,32,34). The molecule has 1 aliphatic carbocycles. The van der Waals surface area contributed by atoms with Crippen LogP contribution in [-0.2, 0) is 23.4 Å². The quantitative estimate of drug-likeness (QED) is 0.373. The highest BCUT2D eigenvalue weighted by Gasteiger charge is 2.34. The monoisotopic (exact) mass is 521 g/mol. The number of allylic oxidation sites excluding steroid dienone is 2. The second-order valence-electron chi connectivity index (χ2n) is 9.37. The Bertz CT molecular complexity index is 1450. The van der Waals surface area contributed by atoms with Gasteiger partial charge < -0.3 is 15.7 Å². The van der Waals surface area contributed by atoms with Gasteiger partial charge in [0.1, 0.15) is 5.69 Å². The van der Waals surface area contributed by atoms with Crippen molar-refractivity contribution in [2.45, 2.75) is 37.9 Å². The lowest BCUT2D eigenvalue weighted by molar-refractivity contribution is 0.102. The molecule has 1 aromatic heterocycles. The van der Waals surface area contributed by atoms with E-state index in [1.54, 1.807) is 24.3 Å². The summed E-state index contributed by atoms with van der Waals surface area (Å²) in [6, 6.07) is 16.5. The molecule has 3 aromatic rings. The first-order valence-corrected chi connectivity index (χ1v) is 13.1. The molecule has 3 N–H and O–H groups in total. The Hall–Kier alpha value is -3.66. The number of benzene rings is 2. The third-order valence-electron chi connectivity index (χ3n) is 6.44. The van der Waals surface area contributed by atoms with Crippen molar-refractivity contribution < 1.29 is 22.2 Å². The predicted octanol–water partition coefficient (Wildman–Crippen LogP) is 4.62. The summed E-state index contributed by atoms with van der Waals surface area (Å²) in [5, 5.41) is 15.5. The predicted molar refractivity (Wildman–Crippen MR) is 141 cm³/mol. The summed E-state index contributed by atoms with van der Waals surface area (Å²) in [6.07, 6.45) is 7.57. The first kappa shape index (κ1) is 26.4. The first-order chi connectivity index (χ1) is 17.6. The molecule has 0 radical (unpaired) electrons. The van der Waals surface area contributed by atoms with Crippen LogP contribution in [0.15, 0.2) is 90.0 Å². The average molecular weight is 522 g/mol. The minimum Gasteiger partial charge on any atom is -0.392 e. The number of anilines is 1. The maximum atomic E-state index is 13.2. The maximum Gasteiger partial charge on any atom is 0.332 e. The molecule has 7 nitrogen and oxygen atoms in total. The van der Waals surface area contributed by atoms with Gasteiger partial charge in [0.05, 0.1) is 11.5 Å². The molecule has 192 valence electrons. The van der Waals surface area contributed by atoms with Crippen LogP contribution in [0, 0.1) is 5.41 Å². The minimum atomic E-state index is -4.72. The van der Waals surface area contributed by atoms with E-state index in [-0.39, 0.29) is 34.6 Å². The van der Waals surface area contributed by atoms with Crippen LogP contribution in [-0.4, -0.2) is 30.5 Å². The molecule has 0 spiro atoms. The summed E-state index contributed by atoms with van der Waals surface area (Å²) >= 11 is 0. The number of amides is 1. The zero-order valence-corrected chi connectivity index (χ0v) is 21.3. The number of carbonyl (C=O) groups excluding carboxylic acids is 1. The first-order valence-electron chi connectivity index (χ1n) is 11.7. The number of aliphatic hydroxyl groups excluding tert-OH is 1. The molecule has 1 unspecified atom stereocenters. The van der Waals surface area contributed by atoms with Gasteiger partial charge in [0.15, 0.2) is 0 Å². The second kappa shape index (κ2) is 10.8. The molecule has 1 heterocycles. The van der Waals surface area contributed by atoms with E-state index in [4.69, 9.17) is 5.11 Å². The van der Waals surface area contributed by atoms with Gasteiger partial charge in [-0.25, -0.2) is 0 Å². The molecule has 2 aromatic carbocycles. The van der Waals surface area contributed by atoms with Gasteiger partial charge in [-0.3, -0.25) is 9.78 Å². The Labute approximate surface area is 216 Å². The third kappa shape index (κ3) is 6.19. The lowest BCUT2D eigenvalue weighted by Crippen LogP contribution is -2.42. The zero-order valence-electron chi connectivity index (χ0n) is 20.5. The molecule has 0 saturated carbocycles. The topological polar surface area (TPSA) is 108 Å². The van der Waals surface area contributed by atoms with Gasteiger partial charge in [-0.05, 0) is 52.6 Å². The van der Waals surface area contributed by atoms with E-state index in [0.29, 0.717) is 17.8 Å². The highest BCUT2D eigenvalue weighted by molar-refractivity contribution is 7.86. The summed E-state index contributed by atoms with van der Waals surface area (Å²) in [5.74, 6) is -0.343. The van der Waals surface area contributed by atoms with Crippen molar-refractivity contribution in [1.82, 2.24) is 10.3 Å². The normalized spacial score (nSPS) is 16.8. The fraction of sp³-hybridized carbons (Fsp3) is 0.214. The molecule has 1 amide bonds. The number of nitrogens with zero attached hydrogens (tertiary/aromatic N) is 1.